The van der Waals surface area contributed by atoms with Gasteiger partial charge in [-0.05, 0) is 35.7 Å². The van der Waals surface area contributed by atoms with Crippen molar-refractivity contribution >= 4 is 5.91 Å². The van der Waals surface area contributed by atoms with Gasteiger partial charge in [-0.2, -0.15) is 0 Å². The van der Waals surface area contributed by atoms with Crippen LogP contribution in [0.1, 0.15) is 16.7 Å². The van der Waals surface area contributed by atoms with Crippen molar-refractivity contribution in [1.82, 2.24) is 9.80 Å². The van der Waals surface area contributed by atoms with Gasteiger partial charge in [-0.25, -0.2) is 4.39 Å². The zero-order valence-corrected chi connectivity index (χ0v) is 15.9. The van der Waals surface area contributed by atoms with E-state index in [-0.39, 0.29) is 11.7 Å². The van der Waals surface area contributed by atoms with E-state index < -0.39 is 0 Å². The molecule has 2 aromatic rings. The summed E-state index contributed by atoms with van der Waals surface area (Å²) in [6.07, 6.45) is 0.366. The van der Waals surface area contributed by atoms with E-state index in [0.717, 1.165) is 49.5 Å². The Kier molecular flexibility index (Phi) is 6.96. The fourth-order valence-corrected chi connectivity index (χ4v) is 3.32. The van der Waals surface area contributed by atoms with Gasteiger partial charge in [0.25, 0.3) is 0 Å². The molecule has 3 rings (SSSR count). The lowest BCUT2D eigenvalue weighted by molar-refractivity contribution is -0.131. The van der Waals surface area contributed by atoms with Crippen LogP contribution in [0.5, 0.6) is 0 Å². The highest BCUT2D eigenvalue weighted by Gasteiger charge is 2.18. The highest BCUT2D eigenvalue weighted by Crippen LogP contribution is 2.13. The average Bonchev–Trinajstić information content (AvgIpc) is 2.67. The van der Waals surface area contributed by atoms with Crippen LogP contribution in [0.3, 0.4) is 0 Å². The molecule has 1 heterocycles. The van der Waals surface area contributed by atoms with Gasteiger partial charge in [-0.15, -0.1) is 0 Å². The Labute approximate surface area is 160 Å². The minimum atomic E-state index is -0.271. The molecule has 0 aliphatic carbocycles. The number of amides is 1. The van der Waals surface area contributed by atoms with Crippen molar-refractivity contribution in [2.75, 3.05) is 39.4 Å². The van der Waals surface area contributed by atoms with Crippen molar-refractivity contribution < 1.29 is 13.9 Å². The molecule has 0 radical (unpaired) electrons. The second-order valence-electron chi connectivity index (χ2n) is 7.00. The van der Waals surface area contributed by atoms with Gasteiger partial charge in [0, 0.05) is 32.7 Å². The first-order valence-electron chi connectivity index (χ1n) is 9.48. The fraction of sp³-hybridized carbons (Fsp3) is 0.409. The highest BCUT2D eigenvalue weighted by molar-refractivity contribution is 5.79. The maximum absolute atomic E-state index is 13.6. The van der Waals surface area contributed by atoms with Crippen molar-refractivity contribution in [1.29, 1.82) is 0 Å². The zero-order chi connectivity index (χ0) is 19.1. The number of aryl methyl sites for hydroxylation is 1. The van der Waals surface area contributed by atoms with Crippen LogP contribution in [0, 0.1) is 12.7 Å². The quantitative estimate of drug-likeness (QED) is 0.751. The maximum atomic E-state index is 13.6. The summed E-state index contributed by atoms with van der Waals surface area (Å²) in [7, 11) is 0. The SMILES string of the molecule is Cc1ccccc1CC(=O)N(CCN1CCOCC1)Cc1cccc(F)c1. The van der Waals surface area contributed by atoms with E-state index in [9.17, 15) is 9.18 Å². The summed E-state index contributed by atoms with van der Waals surface area (Å²) in [4.78, 5) is 17.2. The molecular weight excluding hydrogens is 343 g/mol. The molecule has 0 unspecified atom stereocenters. The Bertz CT molecular complexity index is 759. The topological polar surface area (TPSA) is 32.8 Å². The monoisotopic (exact) mass is 370 g/mol. The van der Waals surface area contributed by atoms with Crippen LogP contribution in [-0.4, -0.2) is 55.1 Å². The molecule has 5 heteroatoms. The van der Waals surface area contributed by atoms with Gasteiger partial charge in [0.2, 0.25) is 5.91 Å². The third-order valence-corrected chi connectivity index (χ3v) is 5.01. The number of ether oxygens (including phenoxy) is 1. The Balaban J connectivity index is 1.69. The number of rotatable bonds is 7. The lowest BCUT2D eigenvalue weighted by Crippen LogP contribution is -2.43. The van der Waals surface area contributed by atoms with Gasteiger partial charge < -0.3 is 9.64 Å². The molecule has 1 amide bonds. The third-order valence-electron chi connectivity index (χ3n) is 5.01. The van der Waals surface area contributed by atoms with Crippen LogP contribution < -0.4 is 0 Å². The van der Waals surface area contributed by atoms with E-state index in [0.29, 0.717) is 19.5 Å². The van der Waals surface area contributed by atoms with E-state index in [1.807, 2.05) is 42.2 Å². The molecule has 0 spiro atoms. The summed E-state index contributed by atoms with van der Waals surface area (Å²) in [6, 6.07) is 14.4. The first-order chi connectivity index (χ1) is 13.1. The second-order valence-corrected chi connectivity index (χ2v) is 7.00. The van der Waals surface area contributed by atoms with Gasteiger partial charge in [0.05, 0.1) is 19.6 Å². The standard InChI is InChI=1S/C22H27FN2O2/c1-18-5-2-3-7-20(18)16-22(26)25(10-9-24-11-13-27-14-12-24)17-19-6-4-8-21(23)15-19/h2-8,15H,9-14,16-17H2,1H3. The molecule has 144 valence electrons. The third kappa shape index (κ3) is 5.88. The summed E-state index contributed by atoms with van der Waals surface area (Å²) >= 11 is 0. The van der Waals surface area contributed by atoms with E-state index in [1.165, 1.54) is 12.1 Å². The molecule has 1 saturated heterocycles. The van der Waals surface area contributed by atoms with Gasteiger partial charge in [0.15, 0.2) is 0 Å². The van der Waals surface area contributed by atoms with Crippen LogP contribution >= 0.6 is 0 Å². The van der Waals surface area contributed by atoms with E-state index >= 15 is 0 Å². The van der Waals surface area contributed by atoms with Crippen molar-refractivity contribution in [2.45, 2.75) is 19.9 Å². The number of halogens is 1. The number of hydrogen-bond acceptors (Lipinski definition) is 3. The first-order valence-corrected chi connectivity index (χ1v) is 9.48. The van der Waals surface area contributed by atoms with Gasteiger partial charge in [0.1, 0.15) is 5.82 Å². The molecule has 0 bridgehead atoms. The number of carbonyl (C=O) groups excluding carboxylic acids is 1. The molecule has 0 atom stereocenters. The molecule has 1 aliphatic rings. The molecule has 4 nitrogen and oxygen atoms in total. The normalized spacial score (nSPS) is 14.9. The molecule has 2 aromatic carbocycles. The Morgan fingerprint density at radius 1 is 1.15 bits per heavy atom. The average molecular weight is 370 g/mol. The lowest BCUT2D eigenvalue weighted by atomic mass is 10.0. The van der Waals surface area contributed by atoms with Crippen molar-refractivity contribution in [2.24, 2.45) is 0 Å². The van der Waals surface area contributed by atoms with Gasteiger partial charge in [-0.1, -0.05) is 36.4 Å². The van der Waals surface area contributed by atoms with Crippen LogP contribution in [0.15, 0.2) is 48.5 Å². The first kappa shape index (κ1) is 19.5. The Morgan fingerprint density at radius 3 is 2.67 bits per heavy atom. The number of nitrogens with zero attached hydrogens (tertiary/aromatic N) is 2. The maximum Gasteiger partial charge on any atom is 0.227 e. The number of carbonyl (C=O) groups is 1. The largest absolute Gasteiger partial charge is 0.379 e. The summed E-state index contributed by atoms with van der Waals surface area (Å²) < 4.78 is 19.0. The second kappa shape index (κ2) is 9.62. The van der Waals surface area contributed by atoms with E-state index in [1.54, 1.807) is 6.07 Å². The fourth-order valence-electron chi connectivity index (χ4n) is 3.32. The number of hydrogen-bond donors (Lipinski definition) is 0. The zero-order valence-electron chi connectivity index (χ0n) is 15.9. The lowest BCUT2D eigenvalue weighted by Gasteiger charge is -2.30. The molecule has 0 N–H and O–H groups in total. The van der Waals surface area contributed by atoms with Crippen LogP contribution in [0.4, 0.5) is 4.39 Å². The Morgan fingerprint density at radius 2 is 1.93 bits per heavy atom. The van der Waals surface area contributed by atoms with Gasteiger partial charge in [-0.3, -0.25) is 9.69 Å². The smallest absolute Gasteiger partial charge is 0.227 e. The van der Waals surface area contributed by atoms with Crippen LogP contribution in [0.2, 0.25) is 0 Å². The van der Waals surface area contributed by atoms with Crippen molar-refractivity contribution in [3.63, 3.8) is 0 Å². The minimum absolute atomic E-state index is 0.0711. The summed E-state index contributed by atoms with van der Waals surface area (Å²) in [5.74, 6) is -0.200. The van der Waals surface area contributed by atoms with Crippen molar-refractivity contribution in [3.8, 4) is 0 Å². The van der Waals surface area contributed by atoms with Crippen LogP contribution in [0.25, 0.3) is 0 Å². The highest BCUT2D eigenvalue weighted by atomic mass is 19.1. The molecule has 1 fully saturated rings. The summed E-state index contributed by atoms with van der Waals surface area (Å²) in [5.41, 5.74) is 2.97. The molecule has 0 aromatic heterocycles. The summed E-state index contributed by atoms with van der Waals surface area (Å²) in [6.45, 7) is 7.13. The summed E-state index contributed by atoms with van der Waals surface area (Å²) in [5, 5.41) is 0. The molecule has 0 saturated carbocycles. The Hall–Kier alpha value is -2.24. The van der Waals surface area contributed by atoms with E-state index in [4.69, 9.17) is 4.74 Å². The molecule has 27 heavy (non-hydrogen) atoms. The van der Waals surface area contributed by atoms with Crippen molar-refractivity contribution in [3.05, 3.63) is 71.0 Å². The number of benzene rings is 2. The number of morpholine rings is 1. The van der Waals surface area contributed by atoms with Gasteiger partial charge >= 0.3 is 0 Å². The van der Waals surface area contributed by atoms with Crippen LogP contribution in [-0.2, 0) is 22.5 Å². The predicted molar refractivity (Wildman–Crippen MR) is 104 cm³/mol. The molecule has 1 aliphatic heterocycles. The van der Waals surface area contributed by atoms with E-state index in [2.05, 4.69) is 4.90 Å². The molecular formula is C22H27FN2O2. The predicted octanol–water partition coefficient (Wildman–Crippen LogP) is 3.04. The minimum Gasteiger partial charge on any atom is -0.379 e.